The van der Waals surface area contributed by atoms with Gasteiger partial charge in [0.15, 0.2) is 0 Å². The molecule has 0 saturated heterocycles. The number of aromatic nitrogens is 1. The van der Waals surface area contributed by atoms with Crippen molar-refractivity contribution in [2.45, 2.75) is 38.6 Å². The molecule has 1 aliphatic carbocycles. The first kappa shape index (κ1) is 15.9. The molecule has 3 nitrogen and oxygen atoms in total. The van der Waals surface area contributed by atoms with E-state index in [9.17, 15) is 4.79 Å². The molecule has 1 amide bonds. The lowest BCUT2D eigenvalue weighted by Crippen LogP contribution is -2.39. The molecule has 1 aromatic heterocycles. The van der Waals surface area contributed by atoms with Gasteiger partial charge in [-0.05, 0) is 43.9 Å². The maximum atomic E-state index is 13.5. The van der Waals surface area contributed by atoms with Gasteiger partial charge in [0.2, 0.25) is 5.91 Å². The second-order valence-electron chi connectivity index (χ2n) is 7.06. The van der Waals surface area contributed by atoms with E-state index in [1.54, 1.807) is 0 Å². The smallest absolute Gasteiger partial charge is 0.233 e. The fourth-order valence-electron chi connectivity index (χ4n) is 4.02. The number of aryl methyl sites for hydroxylation is 1. The molecular formula is C22H24N2O. The number of benzene rings is 2. The molecule has 3 heteroatoms. The third kappa shape index (κ3) is 2.64. The second kappa shape index (κ2) is 6.07. The monoisotopic (exact) mass is 332 g/mol. The van der Waals surface area contributed by atoms with Crippen LogP contribution in [0.4, 0.5) is 0 Å². The number of H-pyrrole nitrogens is 1. The van der Waals surface area contributed by atoms with Crippen molar-refractivity contribution in [1.29, 1.82) is 0 Å². The molecule has 1 N–H and O–H groups in total. The largest absolute Gasteiger partial charge is 0.358 e. The fourth-order valence-corrected chi connectivity index (χ4v) is 4.02. The summed E-state index contributed by atoms with van der Waals surface area (Å²) in [5, 5.41) is 1.20. The Kier molecular flexibility index (Phi) is 3.87. The van der Waals surface area contributed by atoms with Crippen molar-refractivity contribution in [3.05, 3.63) is 71.4 Å². The van der Waals surface area contributed by atoms with E-state index >= 15 is 0 Å². The minimum absolute atomic E-state index is 0.270. The molecule has 128 valence electrons. The molecule has 25 heavy (non-hydrogen) atoms. The van der Waals surface area contributed by atoms with Gasteiger partial charge >= 0.3 is 0 Å². The molecule has 3 aromatic rings. The Balaban J connectivity index is 1.69. The molecule has 0 aliphatic heterocycles. The van der Waals surface area contributed by atoms with E-state index in [-0.39, 0.29) is 11.3 Å². The molecule has 0 atom stereocenters. The number of rotatable bonds is 5. The number of carbonyl (C=O) groups is 1. The number of fused-ring (bicyclic) bond motifs is 1. The van der Waals surface area contributed by atoms with Gasteiger partial charge in [-0.15, -0.1) is 0 Å². The number of hydrogen-bond donors (Lipinski definition) is 1. The van der Waals surface area contributed by atoms with Gasteiger partial charge < -0.3 is 9.88 Å². The highest BCUT2D eigenvalue weighted by Gasteiger charge is 2.54. The van der Waals surface area contributed by atoms with Crippen molar-refractivity contribution in [3.8, 4) is 0 Å². The minimum atomic E-state index is -0.339. The summed E-state index contributed by atoms with van der Waals surface area (Å²) in [5.74, 6) is 0.270. The summed E-state index contributed by atoms with van der Waals surface area (Å²) >= 11 is 0. The lowest BCUT2D eigenvalue weighted by molar-refractivity contribution is -0.134. The number of aromatic amines is 1. The number of likely N-dealkylation sites (N-methyl/N-ethyl adjacent to an activating group) is 1. The van der Waals surface area contributed by atoms with Crippen LogP contribution in [0.25, 0.3) is 10.9 Å². The van der Waals surface area contributed by atoms with Crippen molar-refractivity contribution in [3.63, 3.8) is 0 Å². The zero-order valence-corrected chi connectivity index (χ0v) is 14.9. The van der Waals surface area contributed by atoms with Crippen LogP contribution in [-0.2, 0) is 16.8 Å². The van der Waals surface area contributed by atoms with Gasteiger partial charge in [0.1, 0.15) is 0 Å². The zero-order valence-electron chi connectivity index (χ0n) is 14.9. The zero-order chi connectivity index (χ0) is 17.4. The van der Waals surface area contributed by atoms with Crippen LogP contribution >= 0.6 is 0 Å². The van der Waals surface area contributed by atoms with Crippen LogP contribution in [0.1, 0.15) is 36.6 Å². The molecular weight excluding hydrogens is 308 g/mol. The first-order valence-electron chi connectivity index (χ1n) is 9.07. The number of nitrogens with zero attached hydrogens (tertiary/aromatic N) is 1. The molecule has 1 fully saturated rings. The van der Waals surface area contributed by atoms with Crippen molar-refractivity contribution in [2.24, 2.45) is 0 Å². The Labute approximate surface area is 148 Å². The van der Waals surface area contributed by atoms with Crippen molar-refractivity contribution in [2.75, 3.05) is 6.54 Å². The lowest BCUT2D eigenvalue weighted by Gasteiger charge is -2.27. The standard InChI is InChI=1S/C22H24N2O/c1-3-24(15-17-9-5-4-6-10-17)21(25)22(13-14-22)20-16(2)23-19-12-8-7-11-18(19)20/h4-12,23H,3,13-15H2,1-2H3. The van der Waals surface area contributed by atoms with Gasteiger partial charge in [-0.2, -0.15) is 0 Å². The predicted molar refractivity (Wildman–Crippen MR) is 101 cm³/mol. The van der Waals surface area contributed by atoms with Crippen LogP contribution in [0.3, 0.4) is 0 Å². The van der Waals surface area contributed by atoms with E-state index < -0.39 is 0 Å². The summed E-state index contributed by atoms with van der Waals surface area (Å²) in [6.07, 6.45) is 1.89. The summed E-state index contributed by atoms with van der Waals surface area (Å²) in [7, 11) is 0. The summed E-state index contributed by atoms with van der Waals surface area (Å²) in [6.45, 7) is 5.57. The Hall–Kier alpha value is -2.55. The average molecular weight is 332 g/mol. The highest BCUT2D eigenvalue weighted by atomic mass is 16.2. The molecule has 2 aromatic carbocycles. The van der Waals surface area contributed by atoms with Gasteiger partial charge in [-0.1, -0.05) is 48.5 Å². The summed E-state index contributed by atoms with van der Waals surface area (Å²) < 4.78 is 0. The van der Waals surface area contributed by atoms with Crippen LogP contribution in [0.5, 0.6) is 0 Å². The Morgan fingerprint density at radius 3 is 2.44 bits per heavy atom. The second-order valence-corrected chi connectivity index (χ2v) is 7.06. The highest BCUT2D eigenvalue weighted by molar-refractivity contribution is 5.98. The molecule has 0 unspecified atom stereocenters. The van der Waals surface area contributed by atoms with Gasteiger partial charge in [0.25, 0.3) is 0 Å². The van der Waals surface area contributed by atoms with E-state index in [0.717, 1.165) is 30.6 Å². The predicted octanol–water partition coefficient (Wildman–Crippen LogP) is 4.56. The topological polar surface area (TPSA) is 36.1 Å². The van der Waals surface area contributed by atoms with E-state index in [4.69, 9.17) is 0 Å². The van der Waals surface area contributed by atoms with Gasteiger partial charge in [0, 0.05) is 29.7 Å². The first-order valence-corrected chi connectivity index (χ1v) is 9.07. The van der Waals surface area contributed by atoms with Gasteiger partial charge in [-0.25, -0.2) is 0 Å². The highest BCUT2D eigenvalue weighted by Crippen LogP contribution is 2.53. The molecule has 1 heterocycles. The maximum absolute atomic E-state index is 13.5. The third-order valence-corrected chi connectivity index (χ3v) is 5.42. The van der Waals surface area contributed by atoms with Crippen LogP contribution in [0.2, 0.25) is 0 Å². The number of carbonyl (C=O) groups excluding carboxylic acids is 1. The van der Waals surface area contributed by atoms with Crippen molar-refractivity contribution in [1.82, 2.24) is 9.88 Å². The van der Waals surface area contributed by atoms with E-state index in [0.29, 0.717) is 6.54 Å². The summed E-state index contributed by atoms with van der Waals surface area (Å²) in [6, 6.07) is 18.6. The van der Waals surface area contributed by atoms with Crippen LogP contribution in [0, 0.1) is 6.92 Å². The van der Waals surface area contributed by atoms with Crippen LogP contribution < -0.4 is 0 Å². The molecule has 0 spiro atoms. The van der Waals surface area contributed by atoms with E-state index in [1.165, 1.54) is 16.5 Å². The first-order chi connectivity index (χ1) is 12.2. The molecule has 4 rings (SSSR count). The number of amides is 1. The number of hydrogen-bond acceptors (Lipinski definition) is 1. The van der Waals surface area contributed by atoms with Crippen LogP contribution in [0.15, 0.2) is 54.6 Å². The summed E-state index contributed by atoms with van der Waals surface area (Å²) in [5.41, 5.74) is 4.31. The van der Waals surface area contributed by atoms with Crippen molar-refractivity contribution >= 4 is 16.8 Å². The molecule has 1 saturated carbocycles. The summed E-state index contributed by atoms with van der Waals surface area (Å²) in [4.78, 5) is 18.9. The van der Waals surface area contributed by atoms with E-state index in [1.807, 2.05) is 29.2 Å². The minimum Gasteiger partial charge on any atom is -0.358 e. The average Bonchev–Trinajstić information content (AvgIpc) is 3.36. The van der Waals surface area contributed by atoms with E-state index in [2.05, 4.69) is 49.2 Å². The Morgan fingerprint density at radius 2 is 1.76 bits per heavy atom. The SMILES string of the molecule is CCN(Cc1ccccc1)C(=O)C1(c2c(C)[nH]c3ccccc23)CC1. The molecule has 0 radical (unpaired) electrons. The van der Waals surface area contributed by atoms with Gasteiger partial charge in [0.05, 0.1) is 5.41 Å². The molecule has 0 bridgehead atoms. The molecule has 1 aliphatic rings. The fraction of sp³-hybridized carbons (Fsp3) is 0.318. The van der Waals surface area contributed by atoms with Crippen molar-refractivity contribution < 1.29 is 4.79 Å². The normalized spacial score (nSPS) is 15.3. The van der Waals surface area contributed by atoms with Gasteiger partial charge in [-0.3, -0.25) is 4.79 Å². The number of nitrogens with one attached hydrogen (secondary N) is 1. The Morgan fingerprint density at radius 1 is 1.08 bits per heavy atom. The lowest BCUT2D eigenvalue weighted by atomic mass is 9.91. The van der Waals surface area contributed by atoms with Crippen LogP contribution in [-0.4, -0.2) is 22.3 Å². The third-order valence-electron chi connectivity index (χ3n) is 5.42. The Bertz CT molecular complexity index is 906. The maximum Gasteiger partial charge on any atom is 0.233 e. The number of para-hydroxylation sites is 1. The quantitative estimate of drug-likeness (QED) is 0.731.